The molecule has 0 aliphatic carbocycles. The molecule has 2 heterocycles. The lowest BCUT2D eigenvalue weighted by Crippen LogP contribution is -2.28. The molecule has 9 nitrogen and oxygen atoms in total. The lowest BCUT2D eigenvalue weighted by Gasteiger charge is -2.12. The third-order valence-electron chi connectivity index (χ3n) is 4.00. The molecule has 1 aromatic carbocycles. The molecule has 0 spiro atoms. The molecule has 1 aromatic heterocycles. The van der Waals surface area contributed by atoms with E-state index in [1.807, 2.05) is 10.8 Å². The highest BCUT2D eigenvalue weighted by atomic mass is 16.6. The van der Waals surface area contributed by atoms with Crippen LogP contribution in [0.4, 0.5) is 11.4 Å². The smallest absolute Gasteiger partial charge is 0.269 e. The van der Waals surface area contributed by atoms with Crippen LogP contribution in [0.25, 0.3) is 0 Å². The van der Waals surface area contributed by atoms with E-state index >= 15 is 0 Å². The van der Waals surface area contributed by atoms with Crippen LogP contribution in [0.3, 0.4) is 0 Å². The first kappa shape index (κ1) is 17.5. The van der Waals surface area contributed by atoms with E-state index in [-0.39, 0.29) is 11.6 Å². The summed E-state index contributed by atoms with van der Waals surface area (Å²) in [6.45, 7) is 3.19. The van der Waals surface area contributed by atoms with Gasteiger partial charge in [0.1, 0.15) is 5.92 Å². The molecule has 2 aromatic rings. The number of nitro benzene ring substituents is 1. The van der Waals surface area contributed by atoms with Crippen LogP contribution in [0.15, 0.2) is 53.1 Å². The quantitative estimate of drug-likeness (QED) is 0.329. The van der Waals surface area contributed by atoms with Crippen LogP contribution in [0.2, 0.25) is 0 Å². The summed E-state index contributed by atoms with van der Waals surface area (Å²) in [5.74, 6) is -0.715. The third-order valence-corrected chi connectivity index (χ3v) is 4.00. The summed E-state index contributed by atoms with van der Waals surface area (Å²) >= 11 is 0. The molecule has 1 atom stereocenters. The Labute approximate surface area is 149 Å². The van der Waals surface area contributed by atoms with Crippen molar-refractivity contribution in [3.63, 3.8) is 0 Å². The molecule has 0 fully saturated rings. The predicted molar refractivity (Wildman–Crippen MR) is 97.4 cm³/mol. The summed E-state index contributed by atoms with van der Waals surface area (Å²) in [6, 6.07) is 5.73. The van der Waals surface area contributed by atoms with Gasteiger partial charge in [-0.05, 0) is 25.5 Å². The Hall–Kier alpha value is -3.36. The SMILES string of the molecule is CC1=NN(c2ccc([N+](=O)[O-])cc2)C(=O)[C@H]1C=NCCCn1ccnc1. The van der Waals surface area contributed by atoms with E-state index in [1.54, 1.807) is 25.7 Å². The lowest BCUT2D eigenvalue weighted by molar-refractivity contribution is -0.384. The molecule has 134 valence electrons. The maximum absolute atomic E-state index is 12.6. The van der Waals surface area contributed by atoms with Crippen molar-refractivity contribution in [1.82, 2.24) is 9.55 Å². The Kier molecular flexibility index (Phi) is 5.16. The molecule has 9 heteroatoms. The molecule has 0 saturated heterocycles. The fraction of sp³-hybridized carbons (Fsp3) is 0.294. The zero-order valence-corrected chi connectivity index (χ0v) is 14.2. The van der Waals surface area contributed by atoms with Crippen molar-refractivity contribution in [3.05, 3.63) is 53.1 Å². The Morgan fingerprint density at radius 2 is 2.12 bits per heavy atom. The van der Waals surface area contributed by atoms with Crippen LogP contribution in [0.1, 0.15) is 13.3 Å². The number of carbonyl (C=O) groups is 1. The van der Waals surface area contributed by atoms with E-state index in [0.29, 0.717) is 17.9 Å². The number of nitrogens with zero attached hydrogens (tertiary/aromatic N) is 6. The molecular weight excluding hydrogens is 336 g/mol. The van der Waals surface area contributed by atoms with Crippen molar-refractivity contribution in [3.8, 4) is 0 Å². The van der Waals surface area contributed by atoms with Crippen LogP contribution in [-0.4, -0.2) is 38.9 Å². The van der Waals surface area contributed by atoms with Gasteiger partial charge in [-0.25, -0.2) is 4.98 Å². The molecule has 0 saturated carbocycles. The number of nitro groups is 1. The average molecular weight is 354 g/mol. The molecule has 26 heavy (non-hydrogen) atoms. The van der Waals surface area contributed by atoms with Gasteiger partial charge in [0.05, 0.1) is 22.6 Å². The first-order valence-corrected chi connectivity index (χ1v) is 8.15. The van der Waals surface area contributed by atoms with Crippen molar-refractivity contribution in [2.75, 3.05) is 11.6 Å². The summed E-state index contributed by atoms with van der Waals surface area (Å²) < 4.78 is 1.97. The van der Waals surface area contributed by atoms with Gasteiger partial charge < -0.3 is 4.57 Å². The summed E-state index contributed by atoms with van der Waals surface area (Å²) in [4.78, 5) is 31.1. The van der Waals surface area contributed by atoms with Crippen molar-refractivity contribution in [2.45, 2.75) is 19.9 Å². The Balaban J connectivity index is 1.58. The number of benzene rings is 1. The highest BCUT2D eigenvalue weighted by Crippen LogP contribution is 2.25. The number of rotatable bonds is 7. The Morgan fingerprint density at radius 1 is 1.35 bits per heavy atom. The Bertz CT molecular complexity index is 842. The number of aryl methyl sites for hydroxylation is 1. The van der Waals surface area contributed by atoms with Crippen molar-refractivity contribution in [1.29, 1.82) is 0 Å². The van der Waals surface area contributed by atoms with Gasteiger partial charge in [0.15, 0.2) is 0 Å². The van der Waals surface area contributed by atoms with E-state index in [2.05, 4.69) is 15.1 Å². The second-order valence-corrected chi connectivity index (χ2v) is 5.85. The van der Waals surface area contributed by atoms with Gasteiger partial charge in [-0.3, -0.25) is 19.9 Å². The van der Waals surface area contributed by atoms with Crippen LogP contribution in [0, 0.1) is 16.0 Å². The number of aliphatic imine (C=N–C) groups is 1. The lowest BCUT2D eigenvalue weighted by atomic mass is 10.1. The second kappa shape index (κ2) is 7.68. The number of aromatic nitrogens is 2. The molecule has 1 amide bonds. The van der Waals surface area contributed by atoms with E-state index in [0.717, 1.165) is 13.0 Å². The molecule has 0 bridgehead atoms. The van der Waals surface area contributed by atoms with Crippen molar-refractivity contribution in [2.24, 2.45) is 16.0 Å². The number of anilines is 1. The number of imidazole rings is 1. The van der Waals surface area contributed by atoms with Gasteiger partial charge in [0, 0.05) is 43.8 Å². The van der Waals surface area contributed by atoms with Gasteiger partial charge in [-0.15, -0.1) is 0 Å². The molecule has 1 aliphatic heterocycles. The predicted octanol–water partition coefficient (Wildman–Crippen LogP) is 2.29. The van der Waals surface area contributed by atoms with Crippen molar-refractivity contribution < 1.29 is 9.72 Å². The minimum Gasteiger partial charge on any atom is -0.337 e. The van der Waals surface area contributed by atoms with Crippen LogP contribution < -0.4 is 5.01 Å². The maximum Gasteiger partial charge on any atom is 0.269 e. The molecule has 1 aliphatic rings. The number of hydrogen-bond donors (Lipinski definition) is 0. The number of carbonyl (C=O) groups excluding carboxylic acids is 1. The maximum atomic E-state index is 12.6. The van der Waals surface area contributed by atoms with E-state index in [1.165, 1.54) is 29.3 Å². The van der Waals surface area contributed by atoms with Crippen LogP contribution in [-0.2, 0) is 11.3 Å². The largest absolute Gasteiger partial charge is 0.337 e. The standard InChI is InChI=1S/C17H18N6O3/c1-13-16(11-18-7-2-9-21-10-8-19-12-21)17(24)22(20-13)14-3-5-15(6-4-14)23(25)26/h3-6,8,10-12,16H,2,7,9H2,1H3/t16-/m0/s1. The van der Waals surface area contributed by atoms with E-state index < -0.39 is 10.8 Å². The highest BCUT2D eigenvalue weighted by molar-refractivity contribution is 6.23. The van der Waals surface area contributed by atoms with Gasteiger partial charge in [-0.1, -0.05) is 0 Å². The molecule has 3 rings (SSSR count). The minimum atomic E-state index is -0.501. The molecule has 0 radical (unpaired) electrons. The number of hydrazone groups is 1. The number of non-ortho nitro benzene ring substituents is 1. The third kappa shape index (κ3) is 3.82. The highest BCUT2D eigenvalue weighted by Gasteiger charge is 2.33. The van der Waals surface area contributed by atoms with Gasteiger partial charge in [0.2, 0.25) is 0 Å². The first-order chi connectivity index (χ1) is 12.6. The van der Waals surface area contributed by atoms with Crippen molar-refractivity contribution >= 4 is 29.2 Å². The van der Waals surface area contributed by atoms with Gasteiger partial charge >= 0.3 is 0 Å². The summed E-state index contributed by atoms with van der Waals surface area (Å²) in [5.41, 5.74) is 1.11. The Morgan fingerprint density at radius 3 is 2.77 bits per heavy atom. The summed E-state index contributed by atoms with van der Waals surface area (Å²) in [6.07, 6.45) is 7.84. The molecule has 0 unspecified atom stereocenters. The number of hydrogen-bond acceptors (Lipinski definition) is 6. The number of amides is 1. The fourth-order valence-electron chi connectivity index (χ4n) is 2.60. The zero-order valence-electron chi connectivity index (χ0n) is 14.2. The summed E-state index contributed by atoms with van der Waals surface area (Å²) in [5, 5.41) is 16.3. The van der Waals surface area contributed by atoms with Gasteiger partial charge in [0.25, 0.3) is 11.6 Å². The van der Waals surface area contributed by atoms with Crippen LogP contribution in [0.5, 0.6) is 0 Å². The normalized spacial score (nSPS) is 17.1. The monoisotopic (exact) mass is 354 g/mol. The van der Waals surface area contributed by atoms with E-state index in [9.17, 15) is 14.9 Å². The average Bonchev–Trinajstić information content (AvgIpc) is 3.24. The minimum absolute atomic E-state index is 0.0305. The zero-order chi connectivity index (χ0) is 18.5. The second-order valence-electron chi connectivity index (χ2n) is 5.85. The summed E-state index contributed by atoms with van der Waals surface area (Å²) in [7, 11) is 0. The van der Waals surface area contributed by atoms with E-state index in [4.69, 9.17) is 0 Å². The van der Waals surface area contributed by atoms with Gasteiger partial charge in [-0.2, -0.15) is 10.1 Å². The molecule has 0 N–H and O–H groups in total. The fourth-order valence-corrected chi connectivity index (χ4v) is 2.60. The van der Waals surface area contributed by atoms with Crippen LogP contribution >= 0.6 is 0 Å². The topological polar surface area (TPSA) is 106 Å². The first-order valence-electron chi connectivity index (χ1n) is 8.15. The molecular formula is C17H18N6O3.